The first-order valence-electron chi connectivity index (χ1n) is 12.6. The van der Waals surface area contributed by atoms with Gasteiger partial charge in [-0.05, 0) is 47.7 Å². The zero-order chi connectivity index (χ0) is 26.3. The number of anilines is 1. The minimum Gasteiger partial charge on any atom is -0.448 e. The SMILES string of the molecule is Cc1c(N)cc(CN2CCN(C(=O)OCC3c4ccccc4-c4ccccc43)CC2)c(C)c1[B-](F)(F)F.[K+]. The molecule has 3 aromatic carbocycles. The number of carbonyl (C=O) groups is 1. The van der Waals surface area contributed by atoms with Crippen LogP contribution >= 0.6 is 0 Å². The van der Waals surface area contributed by atoms with E-state index >= 15 is 0 Å². The number of nitrogen functional groups attached to an aromatic ring is 1. The van der Waals surface area contributed by atoms with Crippen LogP contribution < -0.4 is 62.6 Å². The molecule has 0 atom stereocenters. The van der Waals surface area contributed by atoms with Crippen LogP contribution in [0.5, 0.6) is 0 Å². The summed E-state index contributed by atoms with van der Waals surface area (Å²) in [5.41, 5.74) is 11.1. The van der Waals surface area contributed by atoms with E-state index in [1.165, 1.54) is 25.0 Å². The molecule has 10 heteroatoms. The average Bonchev–Trinajstić information content (AvgIpc) is 3.19. The molecule has 1 fully saturated rings. The minimum absolute atomic E-state index is 0. The fourth-order valence-corrected chi connectivity index (χ4v) is 5.68. The quantitative estimate of drug-likeness (QED) is 0.393. The van der Waals surface area contributed by atoms with Crippen molar-refractivity contribution in [3.8, 4) is 11.1 Å². The van der Waals surface area contributed by atoms with E-state index in [4.69, 9.17) is 10.5 Å². The van der Waals surface area contributed by atoms with Crippen molar-refractivity contribution in [2.45, 2.75) is 26.3 Å². The van der Waals surface area contributed by atoms with Gasteiger partial charge in [0.25, 0.3) is 0 Å². The number of nitrogens with two attached hydrogens (primary N) is 1. The van der Waals surface area contributed by atoms with Gasteiger partial charge >= 0.3 is 64.5 Å². The molecule has 1 aliphatic carbocycles. The molecular weight excluding hydrogens is 517 g/mol. The number of piperazine rings is 1. The van der Waals surface area contributed by atoms with Gasteiger partial charge in [0.1, 0.15) is 6.61 Å². The number of benzene rings is 3. The van der Waals surface area contributed by atoms with Crippen LogP contribution in [0, 0.1) is 13.8 Å². The third-order valence-corrected chi connectivity index (χ3v) is 7.74. The van der Waals surface area contributed by atoms with Crippen LogP contribution in [0.3, 0.4) is 0 Å². The number of ether oxygens (including phenoxy) is 1. The molecule has 3 aromatic rings. The molecule has 1 heterocycles. The van der Waals surface area contributed by atoms with Crippen molar-refractivity contribution in [1.82, 2.24) is 9.80 Å². The van der Waals surface area contributed by atoms with Crippen LogP contribution in [0.2, 0.25) is 0 Å². The number of amides is 1. The van der Waals surface area contributed by atoms with E-state index in [-0.39, 0.29) is 86.8 Å². The topological polar surface area (TPSA) is 58.8 Å². The Bertz CT molecular complexity index is 1300. The Labute approximate surface area is 264 Å². The molecule has 38 heavy (non-hydrogen) atoms. The summed E-state index contributed by atoms with van der Waals surface area (Å²) in [6, 6.07) is 18.0. The van der Waals surface area contributed by atoms with E-state index in [1.807, 2.05) is 24.3 Å². The summed E-state index contributed by atoms with van der Waals surface area (Å²) < 4.78 is 46.8. The molecule has 5 nitrogen and oxygen atoms in total. The number of hydrogen-bond donors (Lipinski definition) is 1. The second kappa shape index (κ2) is 11.7. The summed E-state index contributed by atoms with van der Waals surface area (Å²) >= 11 is 0. The smallest absolute Gasteiger partial charge is 0.448 e. The average molecular weight is 547 g/mol. The van der Waals surface area contributed by atoms with E-state index < -0.39 is 12.4 Å². The molecule has 0 radical (unpaired) electrons. The van der Waals surface area contributed by atoms with Crippen molar-refractivity contribution in [2.24, 2.45) is 0 Å². The number of hydrogen-bond acceptors (Lipinski definition) is 4. The van der Waals surface area contributed by atoms with Gasteiger partial charge in [-0.2, -0.15) is 0 Å². The number of halogens is 3. The maximum Gasteiger partial charge on any atom is 1.00 e. The van der Waals surface area contributed by atoms with Gasteiger partial charge < -0.3 is 28.3 Å². The van der Waals surface area contributed by atoms with E-state index in [9.17, 15) is 17.7 Å². The number of rotatable bonds is 5. The van der Waals surface area contributed by atoms with Crippen molar-refractivity contribution >= 4 is 24.2 Å². The second-order valence-corrected chi connectivity index (χ2v) is 9.93. The molecule has 2 N–H and O–H groups in total. The summed E-state index contributed by atoms with van der Waals surface area (Å²) in [5.74, 6) is -0.00274. The molecule has 0 unspecified atom stereocenters. The summed E-state index contributed by atoms with van der Waals surface area (Å²) in [5, 5.41) is 0. The molecule has 0 bridgehead atoms. The molecule has 194 valence electrons. The molecule has 5 rings (SSSR count). The van der Waals surface area contributed by atoms with E-state index in [2.05, 4.69) is 29.2 Å². The largest absolute Gasteiger partial charge is 1.00 e. The van der Waals surface area contributed by atoms with Crippen LogP contribution in [0.4, 0.5) is 23.4 Å². The molecule has 1 saturated heterocycles. The number of fused-ring (bicyclic) bond motifs is 3. The monoisotopic (exact) mass is 547 g/mol. The van der Waals surface area contributed by atoms with Gasteiger partial charge in [0.15, 0.2) is 0 Å². The number of nitrogens with zero attached hydrogens (tertiary/aromatic N) is 2. The van der Waals surface area contributed by atoms with Gasteiger partial charge in [0.2, 0.25) is 0 Å². The third-order valence-electron chi connectivity index (χ3n) is 7.74. The molecular formula is C28H30BF3KN3O2. The summed E-state index contributed by atoms with van der Waals surface area (Å²) in [7, 11) is 0. The Morgan fingerprint density at radius 3 is 2.05 bits per heavy atom. The molecule has 2 aliphatic rings. The molecule has 1 aliphatic heterocycles. The van der Waals surface area contributed by atoms with Crippen molar-refractivity contribution in [3.63, 3.8) is 0 Å². The molecule has 1 amide bonds. The Balaban J connectivity index is 0.00000336. The van der Waals surface area contributed by atoms with Crippen LogP contribution in [0.15, 0.2) is 54.6 Å². The number of carbonyl (C=O) groups excluding carboxylic acids is 1. The summed E-state index contributed by atoms with van der Waals surface area (Å²) in [6.07, 6.45) is -0.362. The second-order valence-electron chi connectivity index (χ2n) is 9.93. The maximum atomic E-state index is 13.7. The Morgan fingerprint density at radius 1 is 0.947 bits per heavy atom. The van der Waals surface area contributed by atoms with E-state index in [0.29, 0.717) is 38.3 Å². The minimum atomic E-state index is -5.16. The maximum absolute atomic E-state index is 13.7. The van der Waals surface area contributed by atoms with Gasteiger partial charge in [-0.1, -0.05) is 59.7 Å². The van der Waals surface area contributed by atoms with Crippen LogP contribution in [0.25, 0.3) is 11.1 Å². The van der Waals surface area contributed by atoms with Gasteiger partial charge in [0, 0.05) is 44.3 Å². The fourth-order valence-electron chi connectivity index (χ4n) is 5.68. The fraction of sp³-hybridized carbons (Fsp3) is 0.321. The first-order valence-corrected chi connectivity index (χ1v) is 12.6. The Kier molecular flexibility index (Phi) is 9.01. The zero-order valence-corrected chi connectivity index (χ0v) is 25.1. The van der Waals surface area contributed by atoms with Gasteiger partial charge in [0.05, 0.1) is 0 Å². The predicted molar refractivity (Wildman–Crippen MR) is 141 cm³/mol. The van der Waals surface area contributed by atoms with E-state index in [1.54, 1.807) is 11.0 Å². The van der Waals surface area contributed by atoms with Gasteiger partial charge in [-0.3, -0.25) is 4.90 Å². The standard InChI is InChI=1S/C28H30BF3N3O2.K/c1-18-20(15-26(33)19(2)27(18)29(30,31)32)16-34-11-13-35(14-12-34)28(36)37-17-25-23-9-5-3-7-21(23)22-8-4-6-10-24(22)25;/h3-10,15,25H,11-14,16-17,33H2,1-2H3;/q-1;+1. The Morgan fingerprint density at radius 2 is 1.50 bits per heavy atom. The molecule has 0 spiro atoms. The van der Waals surface area contributed by atoms with Crippen molar-refractivity contribution in [1.29, 1.82) is 0 Å². The van der Waals surface area contributed by atoms with Gasteiger partial charge in [-0.25, -0.2) is 4.79 Å². The van der Waals surface area contributed by atoms with Crippen molar-refractivity contribution in [3.05, 3.63) is 82.4 Å². The van der Waals surface area contributed by atoms with Crippen LogP contribution in [-0.2, 0) is 11.3 Å². The first kappa shape index (κ1) is 29.2. The Hall–Kier alpha value is -1.82. The van der Waals surface area contributed by atoms with Crippen LogP contribution in [-0.4, -0.2) is 55.7 Å². The molecule has 0 aromatic heterocycles. The first-order chi connectivity index (χ1) is 17.6. The summed E-state index contributed by atoms with van der Waals surface area (Å²) in [4.78, 5) is 16.6. The third kappa shape index (κ3) is 5.71. The summed E-state index contributed by atoms with van der Waals surface area (Å²) in [6.45, 7) is 0.388. The molecule has 0 saturated carbocycles. The zero-order valence-electron chi connectivity index (χ0n) is 22.0. The van der Waals surface area contributed by atoms with Crippen LogP contribution in [0.1, 0.15) is 33.7 Å². The predicted octanol–water partition coefficient (Wildman–Crippen LogP) is 2.01. The van der Waals surface area contributed by atoms with Crippen molar-refractivity contribution in [2.75, 3.05) is 38.5 Å². The van der Waals surface area contributed by atoms with Gasteiger partial charge in [-0.15, -0.1) is 5.46 Å². The normalized spacial score (nSPS) is 15.6. The van der Waals surface area contributed by atoms with E-state index in [0.717, 1.165) is 11.1 Å². The van der Waals surface area contributed by atoms with Crippen molar-refractivity contribution < 1.29 is 73.9 Å².